The molecule has 0 aromatic heterocycles. The number of halogens is 2. The number of hydrogen-bond donors (Lipinski definition) is 2. The maximum atomic E-state index is 3.76. The quantitative estimate of drug-likeness (QED) is 0.329. The van der Waals surface area contributed by atoms with E-state index in [4.69, 9.17) is 0 Å². The van der Waals surface area contributed by atoms with Crippen LogP contribution in [-0.2, 0) is 55.6 Å². The van der Waals surface area contributed by atoms with Gasteiger partial charge < -0.3 is 40.3 Å². The first-order chi connectivity index (χ1) is 15.5. The van der Waals surface area contributed by atoms with Crippen LogP contribution in [0.3, 0.4) is 0 Å². The van der Waals surface area contributed by atoms with Crippen molar-refractivity contribution in [3.8, 4) is 0 Å². The minimum absolute atomic E-state index is 0. The van der Waals surface area contributed by atoms with Crippen LogP contribution in [0.1, 0.15) is 74.9 Å². The van der Waals surface area contributed by atoms with Gasteiger partial charge in [-0.1, -0.05) is 65.8 Å². The summed E-state index contributed by atoms with van der Waals surface area (Å²) < 4.78 is 0. The maximum Gasteiger partial charge on any atom is 2.00 e. The molecule has 3 nitrogen and oxygen atoms in total. The van der Waals surface area contributed by atoms with Crippen LogP contribution in [-0.4, -0.2) is 38.1 Å². The molecular weight excluding hydrogens is 516 g/mol. The van der Waals surface area contributed by atoms with Gasteiger partial charge >= 0.3 is 17.1 Å². The van der Waals surface area contributed by atoms with Crippen LogP contribution in [0.15, 0.2) is 24.3 Å². The molecule has 0 aliphatic heterocycles. The van der Waals surface area contributed by atoms with Gasteiger partial charge in [0.2, 0.25) is 0 Å². The van der Waals surface area contributed by atoms with Crippen molar-refractivity contribution >= 4 is 11.4 Å². The predicted octanol–water partition coefficient (Wildman–Crippen LogP) is 0.522. The predicted molar refractivity (Wildman–Crippen MR) is 144 cm³/mol. The van der Waals surface area contributed by atoms with Crippen molar-refractivity contribution in [2.24, 2.45) is 0 Å². The van der Waals surface area contributed by atoms with E-state index in [1.54, 1.807) is 0 Å². The Labute approximate surface area is 238 Å². The van der Waals surface area contributed by atoms with E-state index >= 15 is 0 Å². The largest absolute Gasteiger partial charge is 2.00 e. The zero-order valence-electron chi connectivity index (χ0n) is 23.0. The molecule has 0 fully saturated rings. The van der Waals surface area contributed by atoms with E-state index in [0.29, 0.717) is 0 Å². The third-order valence-corrected chi connectivity index (χ3v) is 6.65. The van der Waals surface area contributed by atoms with E-state index in [1.165, 1.54) is 44.8 Å². The summed E-state index contributed by atoms with van der Waals surface area (Å²) in [5, 5.41) is 7.52. The van der Waals surface area contributed by atoms with Crippen molar-refractivity contribution in [1.29, 1.82) is 0 Å². The van der Waals surface area contributed by atoms with Crippen molar-refractivity contribution in [3.05, 3.63) is 57.6 Å². The average molecular weight is 564 g/mol. The number of rotatable bonds is 14. The van der Waals surface area contributed by atoms with Crippen molar-refractivity contribution in [2.75, 3.05) is 43.9 Å². The molecule has 0 aliphatic rings. The van der Waals surface area contributed by atoms with Gasteiger partial charge in [0.15, 0.2) is 0 Å². The van der Waals surface area contributed by atoms with Gasteiger partial charge in [0.05, 0.1) is 0 Å². The molecule has 1 radical (unpaired) electrons. The molecule has 0 bridgehead atoms. The molecule has 2 rings (SSSR count). The van der Waals surface area contributed by atoms with E-state index in [2.05, 4.69) is 88.4 Å². The molecule has 0 amide bonds. The fraction of sp³-hybridized carbons (Fsp3) is 0.586. The Balaban J connectivity index is 0. The van der Waals surface area contributed by atoms with Crippen LogP contribution in [0.5, 0.6) is 0 Å². The molecule has 0 heterocycles. The van der Waals surface area contributed by atoms with E-state index in [-0.39, 0.29) is 41.9 Å². The Bertz CT molecular complexity index is 738. The first kappa shape index (κ1) is 36.3. The zero-order chi connectivity index (χ0) is 23.5. The van der Waals surface area contributed by atoms with Crippen molar-refractivity contribution in [3.63, 3.8) is 0 Å². The SMILES string of the molecule is CCc1cc(CC)c(NCCN(C)CCNc2c(CC)cc(CC)cc2CC)c(CC)c1.[Cl-].[Cl-].[Mn+2]. The minimum Gasteiger partial charge on any atom is -1.00 e. The Kier molecular flexibility index (Phi) is 19.9. The Morgan fingerprint density at radius 2 is 0.829 bits per heavy atom. The summed E-state index contributed by atoms with van der Waals surface area (Å²) in [4.78, 5) is 2.43. The van der Waals surface area contributed by atoms with Crippen LogP contribution in [0.4, 0.5) is 11.4 Å². The molecule has 0 unspecified atom stereocenters. The second kappa shape index (κ2) is 19.2. The number of aryl methyl sites for hydroxylation is 6. The zero-order valence-corrected chi connectivity index (χ0v) is 25.7. The standard InChI is InChI=1S/C29H47N3.2ClH.Mn/c1-8-22-18-24(10-3)28(25(11-4)19-22)30-14-16-32(7)17-15-31-29-26(12-5)20-23(9-2)21-27(29)13-6;;;/h18-21,30-31H,8-17H2,1-7H3;2*1H;/q;;;+2/p-2. The molecule has 0 atom stereocenters. The van der Waals surface area contributed by atoms with Crippen molar-refractivity contribution in [1.82, 2.24) is 4.90 Å². The number of benzene rings is 2. The third-order valence-electron chi connectivity index (χ3n) is 6.65. The Morgan fingerprint density at radius 1 is 0.543 bits per heavy atom. The third kappa shape index (κ3) is 10.5. The molecule has 0 spiro atoms. The molecule has 6 heteroatoms. The molecular formula is C29H47Cl2MnN3. The molecule has 0 saturated carbocycles. The molecule has 35 heavy (non-hydrogen) atoms. The van der Waals surface area contributed by atoms with Gasteiger partial charge in [-0.15, -0.1) is 0 Å². The second-order valence-electron chi connectivity index (χ2n) is 8.86. The summed E-state index contributed by atoms with van der Waals surface area (Å²) in [6.45, 7) is 17.6. The van der Waals surface area contributed by atoms with Gasteiger partial charge in [0, 0.05) is 37.6 Å². The summed E-state index contributed by atoms with van der Waals surface area (Å²) in [5.74, 6) is 0. The second-order valence-corrected chi connectivity index (χ2v) is 8.86. The molecule has 2 aromatic rings. The smallest absolute Gasteiger partial charge is 1.00 e. The van der Waals surface area contributed by atoms with Crippen LogP contribution in [0.25, 0.3) is 0 Å². The fourth-order valence-corrected chi connectivity index (χ4v) is 4.51. The van der Waals surface area contributed by atoms with Crippen molar-refractivity contribution < 1.29 is 41.9 Å². The Hall–Kier alpha value is -0.901. The van der Waals surface area contributed by atoms with Gasteiger partial charge in [0.25, 0.3) is 0 Å². The van der Waals surface area contributed by atoms with Crippen LogP contribution in [0.2, 0.25) is 0 Å². The van der Waals surface area contributed by atoms with Gasteiger partial charge in [0.1, 0.15) is 0 Å². The summed E-state index contributed by atoms with van der Waals surface area (Å²) in [6.07, 6.45) is 6.55. The first-order valence-corrected chi connectivity index (χ1v) is 13.0. The summed E-state index contributed by atoms with van der Waals surface area (Å²) in [6, 6.07) is 9.54. The van der Waals surface area contributed by atoms with Crippen LogP contribution < -0.4 is 35.4 Å². The molecule has 2 aromatic carbocycles. The molecule has 0 aliphatic carbocycles. The first-order valence-electron chi connectivity index (χ1n) is 13.0. The number of nitrogens with one attached hydrogen (secondary N) is 2. The fourth-order valence-electron chi connectivity index (χ4n) is 4.51. The minimum atomic E-state index is 0. The van der Waals surface area contributed by atoms with E-state index < -0.39 is 0 Å². The number of likely N-dealkylation sites (N-methyl/N-ethyl adjacent to an activating group) is 1. The number of nitrogens with zero attached hydrogens (tertiary/aromatic N) is 1. The summed E-state index contributed by atoms with van der Waals surface area (Å²) in [7, 11) is 2.23. The van der Waals surface area contributed by atoms with E-state index in [9.17, 15) is 0 Å². The van der Waals surface area contributed by atoms with Crippen LogP contribution in [0, 0.1) is 0 Å². The summed E-state index contributed by atoms with van der Waals surface area (Å²) in [5.41, 5.74) is 11.5. The molecule has 2 N–H and O–H groups in total. The van der Waals surface area contributed by atoms with Gasteiger partial charge in [-0.2, -0.15) is 0 Å². The van der Waals surface area contributed by atoms with E-state index in [1.807, 2.05) is 0 Å². The monoisotopic (exact) mass is 562 g/mol. The van der Waals surface area contributed by atoms with Gasteiger partial charge in [-0.05, 0) is 79.0 Å². The Morgan fingerprint density at radius 3 is 1.06 bits per heavy atom. The normalized spacial score (nSPS) is 10.3. The summed E-state index contributed by atoms with van der Waals surface area (Å²) >= 11 is 0. The number of anilines is 2. The molecule has 0 saturated heterocycles. The molecule has 199 valence electrons. The van der Waals surface area contributed by atoms with Gasteiger partial charge in [-0.25, -0.2) is 0 Å². The van der Waals surface area contributed by atoms with E-state index in [0.717, 1.165) is 64.7 Å². The van der Waals surface area contributed by atoms with Gasteiger partial charge in [-0.3, -0.25) is 0 Å². The van der Waals surface area contributed by atoms with Crippen molar-refractivity contribution in [2.45, 2.75) is 80.1 Å². The average Bonchev–Trinajstić information content (AvgIpc) is 2.83. The maximum absolute atomic E-state index is 3.76. The van der Waals surface area contributed by atoms with Crippen LogP contribution >= 0.6 is 0 Å². The number of hydrogen-bond acceptors (Lipinski definition) is 3. The topological polar surface area (TPSA) is 27.3 Å².